The Morgan fingerprint density at radius 1 is 1.00 bits per heavy atom. The minimum Gasteiger partial charge on any atom is -0.117 e. The van der Waals surface area contributed by atoms with Crippen LogP contribution in [0.2, 0.25) is 5.02 Å². The number of hydrogen-bond donors (Lipinski definition) is 0. The highest BCUT2D eigenvalue weighted by molar-refractivity contribution is 6.31. The van der Waals surface area contributed by atoms with Gasteiger partial charge < -0.3 is 0 Å². The van der Waals surface area contributed by atoms with Crippen molar-refractivity contribution in [2.45, 2.75) is 32.6 Å². The molecule has 0 saturated heterocycles. The lowest BCUT2D eigenvalue weighted by molar-refractivity contribution is 0.898. The summed E-state index contributed by atoms with van der Waals surface area (Å²) in [6.45, 7) is 6.36. The standard InChI is InChI=1S/C17H18Cl2/c1-11-8-12(2)17(13(3)9-11)16(19)10-14-6-4-5-7-15(14)18/h4-9,16H,10H2,1-3H3. The smallest absolute Gasteiger partial charge is 0.0631 e. The van der Waals surface area contributed by atoms with E-state index in [-0.39, 0.29) is 5.38 Å². The fraction of sp³-hybridized carbons (Fsp3) is 0.294. The Kier molecular flexibility index (Phi) is 4.54. The maximum absolute atomic E-state index is 6.62. The van der Waals surface area contributed by atoms with E-state index in [0.29, 0.717) is 0 Å². The van der Waals surface area contributed by atoms with Gasteiger partial charge in [0.2, 0.25) is 0 Å². The third-order valence-corrected chi connectivity index (χ3v) is 4.15. The highest BCUT2D eigenvalue weighted by Crippen LogP contribution is 2.32. The Morgan fingerprint density at radius 2 is 1.58 bits per heavy atom. The molecule has 2 heteroatoms. The molecule has 0 amide bonds. The predicted molar refractivity (Wildman–Crippen MR) is 84.4 cm³/mol. The zero-order valence-corrected chi connectivity index (χ0v) is 13.0. The van der Waals surface area contributed by atoms with Crippen molar-refractivity contribution in [3.8, 4) is 0 Å². The maximum atomic E-state index is 6.62. The third kappa shape index (κ3) is 3.32. The highest BCUT2D eigenvalue weighted by Gasteiger charge is 2.15. The predicted octanol–water partition coefficient (Wildman–Crippen LogP) is 5.79. The van der Waals surface area contributed by atoms with Gasteiger partial charge >= 0.3 is 0 Å². The molecule has 2 rings (SSSR count). The minimum atomic E-state index is -0.0412. The van der Waals surface area contributed by atoms with E-state index >= 15 is 0 Å². The van der Waals surface area contributed by atoms with Gasteiger partial charge in [-0.2, -0.15) is 0 Å². The summed E-state index contributed by atoms with van der Waals surface area (Å²) in [4.78, 5) is 0. The molecule has 2 aromatic carbocycles. The summed E-state index contributed by atoms with van der Waals surface area (Å²) in [5.41, 5.74) is 6.12. The fourth-order valence-corrected chi connectivity index (χ4v) is 3.37. The molecule has 0 saturated carbocycles. The summed E-state index contributed by atoms with van der Waals surface area (Å²) in [7, 11) is 0. The van der Waals surface area contributed by atoms with Gasteiger partial charge in [0.1, 0.15) is 0 Å². The van der Waals surface area contributed by atoms with Crippen LogP contribution >= 0.6 is 23.2 Å². The Balaban J connectivity index is 2.31. The van der Waals surface area contributed by atoms with Gasteiger partial charge in [0.25, 0.3) is 0 Å². The fourth-order valence-electron chi connectivity index (χ4n) is 2.64. The molecule has 0 aliphatic carbocycles. The molecule has 0 heterocycles. The molecular weight excluding hydrogens is 275 g/mol. The largest absolute Gasteiger partial charge is 0.117 e. The summed E-state index contributed by atoms with van der Waals surface area (Å²) >= 11 is 12.8. The SMILES string of the molecule is Cc1cc(C)c(C(Cl)Cc2ccccc2Cl)c(C)c1. The molecular formula is C17H18Cl2. The molecule has 2 aromatic rings. The van der Waals surface area contributed by atoms with Crippen molar-refractivity contribution < 1.29 is 0 Å². The van der Waals surface area contributed by atoms with Gasteiger partial charge in [0.05, 0.1) is 5.38 Å². The highest BCUT2D eigenvalue weighted by atomic mass is 35.5. The molecule has 0 N–H and O–H groups in total. The topological polar surface area (TPSA) is 0 Å². The van der Waals surface area contributed by atoms with Crippen LogP contribution in [0.4, 0.5) is 0 Å². The van der Waals surface area contributed by atoms with Gasteiger partial charge in [-0.1, -0.05) is 47.5 Å². The molecule has 1 atom stereocenters. The maximum Gasteiger partial charge on any atom is 0.0631 e. The van der Waals surface area contributed by atoms with E-state index in [0.717, 1.165) is 17.0 Å². The zero-order chi connectivity index (χ0) is 14.0. The molecule has 1 unspecified atom stereocenters. The number of benzene rings is 2. The van der Waals surface area contributed by atoms with Crippen LogP contribution in [0, 0.1) is 20.8 Å². The molecule has 19 heavy (non-hydrogen) atoms. The summed E-state index contributed by atoms with van der Waals surface area (Å²) in [6.07, 6.45) is 0.756. The molecule has 100 valence electrons. The van der Waals surface area contributed by atoms with E-state index < -0.39 is 0 Å². The van der Waals surface area contributed by atoms with Gasteiger partial charge in [0, 0.05) is 5.02 Å². The first-order chi connectivity index (χ1) is 8.99. The van der Waals surface area contributed by atoms with Crippen LogP contribution in [-0.4, -0.2) is 0 Å². The Hall–Kier alpha value is -0.980. The van der Waals surface area contributed by atoms with E-state index in [4.69, 9.17) is 23.2 Å². The summed E-state index contributed by atoms with van der Waals surface area (Å²) in [5.74, 6) is 0. The molecule has 0 aliphatic rings. The van der Waals surface area contributed by atoms with Crippen molar-refractivity contribution >= 4 is 23.2 Å². The van der Waals surface area contributed by atoms with Crippen LogP contribution in [0.1, 0.15) is 33.2 Å². The van der Waals surface area contributed by atoms with Crippen LogP contribution in [0.5, 0.6) is 0 Å². The van der Waals surface area contributed by atoms with Gasteiger partial charge in [0.15, 0.2) is 0 Å². The second-order valence-electron chi connectivity index (χ2n) is 5.08. The van der Waals surface area contributed by atoms with Gasteiger partial charge in [-0.05, 0) is 55.5 Å². The van der Waals surface area contributed by atoms with Crippen LogP contribution < -0.4 is 0 Å². The average Bonchev–Trinajstić information content (AvgIpc) is 2.30. The average molecular weight is 293 g/mol. The number of alkyl halides is 1. The van der Waals surface area contributed by atoms with Crippen LogP contribution in [0.25, 0.3) is 0 Å². The Labute approximate surface area is 125 Å². The lowest BCUT2D eigenvalue weighted by Crippen LogP contribution is -2.02. The Morgan fingerprint density at radius 3 is 2.16 bits per heavy atom. The van der Waals surface area contributed by atoms with Crippen LogP contribution in [0.3, 0.4) is 0 Å². The number of hydrogen-bond acceptors (Lipinski definition) is 0. The molecule has 0 spiro atoms. The lowest BCUT2D eigenvalue weighted by atomic mass is 9.94. The van der Waals surface area contributed by atoms with E-state index in [1.165, 1.54) is 22.3 Å². The van der Waals surface area contributed by atoms with Crippen molar-refractivity contribution in [1.29, 1.82) is 0 Å². The summed E-state index contributed by atoms with van der Waals surface area (Å²) in [5, 5.41) is 0.746. The number of halogens is 2. The zero-order valence-electron chi connectivity index (χ0n) is 11.5. The second kappa shape index (κ2) is 5.98. The summed E-state index contributed by atoms with van der Waals surface area (Å²) < 4.78 is 0. The minimum absolute atomic E-state index is 0.0412. The van der Waals surface area contributed by atoms with Crippen molar-refractivity contribution in [2.75, 3.05) is 0 Å². The number of rotatable bonds is 3. The van der Waals surface area contributed by atoms with Crippen molar-refractivity contribution in [3.63, 3.8) is 0 Å². The molecule has 0 aliphatic heterocycles. The normalized spacial score (nSPS) is 12.5. The van der Waals surface area contributed by atoms with Crippen LogP contribution in [-0.2, 0) is 6.42 Å². The molecule has 0 aromatic heterocycles. The van der Waals surface area contributed by atoms with E-state index in [1.54, 1.807) is 0 Å². The third-order valence-electron chi connectivity index (χ3n) is 3.41. The quantitative estimate of drug-likeness (QED) is 0.628. The van der Waals surface area contributed by atoms with E-state index in [9.17, 15) is 0 Å². The molecule has 0 radical (unpaired) electrons. The van der Waals surface area contributed by atoms with Crippen molar-refractivity contribution in [2.24, 2.45) is 0 Å². The first kappa shape index (κ1) is 14.4. The van der Waals surface area contributed by atoms with Gasteiger partial charge in [-0.15, -0.1) is 11.6 Å². The van der Waals surface area contributed by atoms with Gasteiger partial charge in [-0.3, -0.25) is 0 Å². The number of aryl methyl sites for hydroxylation is 3. The molecule has 0 fully saturated rings. The first-order valence-electron chi connectivity index (χ1n) is 6.44. The van der Waals surface area contributed by atoms with Crippen LogP contribution in [0.15, 0.2) is 36.4 Å². The first-order valence-corrected chi connectivity index (χ1v) is 7.25. The molecule has 0 nitrogen and oxygen atoms in total. The summed E-state index contributed by atoms with van der Waals surface area (Å²) in [6, 6.07) is 12.3. The van der Waals surface area contributed by atoms with E-state index in [1.807, 2.05) is 24.3 Å². The monoisotopic (exact) mass is 292 g/mol. The second-order valence-corrected chi connectivity index (χ2v) is 6.01. The van der Waals surface area contributed by atoms with Gasteiger partial charge in [-0.25, -0.2) is 0 Å². The molecule has 0 bridgehead atoms. The van der Waals surface area contributed by atoms with Crippen molar-refractivity contribution in [3.05, 3.63) is 69.2 Å². The van der Waals surface area contributed by atoms with E-state index in [2.05, 4.69) is 32.9 Å². The van der Waals surface area contributed by atoms with Crippen molar-refractivity contribution in [1.82, 2.24) is 0 Å². The Bertz CT molecular complexity index is 565. The lowest BCUT2D eigenvalue weighted by Gasteiger charge is -2.17.